The molecule has 20 heavy (non-hydrogen) atoms. The van der Waals surface area contributed by atoms with Crippen molar-refractivity contribution in [1.29, 1.82) is 0 Å². The summed E-state index contributed by atoms with van der Waals surface area (Å²) in [5, 5.41) is 2.94. The maximum Gasteiger partial charge on any atom is 0.329 e. The Balaban J connectivity index is 2.35. The van der Waals surface area contributed by atoms with Crippen LogP contribution in [0.15, 0.2) is 9.59 Å². The number of hydrogen-bond donors (Lipinski definition) is 3. The van der Waals surface area contributed by atoms with E-state index in [4.69, 9.17) is 15.2 Å². The van der Waals surface area contributed by atoms with Gasteiger partial charge in [0.15, 0.2) is 0 Å². The van der Waals surface area contributed by atoms with E-state index in [-0.39, 0.29) is 11.5 Å². The minimum Gasteiger partial charge on any atom is -0.383 e. The molecule has 8 nitrogen and oxygen atoms in total. The van der Waals surface area contributed by atoms with E-state index in [0.29, 0.717) is 26.4 Å². The van der Waals surface area contributed by atoms with Gasteiger partial charge in [0.2, 0.25) is 0 Å². The van der Waals surface area contributed by atoms with E-state index >= 15 is 0 Å². The second kappa shape index (κ2) is 8.39. The first kappa shape index (κ1) is 16.3. The second-order valence-electron chi connectivity index (χ2n) is 4.32. The number of aromatic amines is 1. The number of nitrogen functional groups attached to an aromatic ring is 1. The van der Waals surface area contributed by atoms with Gasteiger partial charge < -0.3 is 20.5 Å². The number of hydrogen-bond acceptors (Lipinski definition) is 6. The zero-order chi connectivity index (χ0) is 15.0. The molecule has 0 radical (unpaired) electrons. The maximum atomic E-state index is 11.6. The Hall–Kier alpha value is -1.80. The van der Waals surface area contributed by atoms with Crippen LogP contribution < -0.4 is 22.3 Å². The third kappa shape index (κ3) is 4.71. The van der Waals surface area contributed by atoms with E-state index in [1.165, 1.54) is 11.6 Å². The highest BCUT2D eigenvalue weighted by atomic mass is 16.5. The van der Waals surface area contributed by atoms with Crippen molar-refractivity contribution in [2.45, 2.75) is 12.8 Å². The predicted octanol–water partition coefficient (Wildman–Crippen LogP) is -0.489. The van der Waals surface area contributed by atoms with Crippen molar-refractivity contribution < 1.29 is 9.47 Å². The number of methoxy groups -OCH3 is 1. The predicted molar refractivity (Wildman–Crippen MR) is 77.1 cm³/mol. The van der Waals surface area contributed by atoms with Crippen LogP contribution in [0, 0.1) is 0 Å². The molecule has 0 saturated heterocycles. The van der Waals surface area contributed by atoms with Crippen molar-refractivity contribution in [3.8, 4) is 0 Å². The Bertz CT molecular complexity index is 523. The van der Waals surface area contributed by atoms with E-state index in [1.807, 2.05) is 0 Å². The quantitative estimate of drug-likeness (QED) is 0.528. The van der Waals surface area contributed by atoms with Crippen LogP contribution in [0.1, 0.15) is 12.8 Å². The lowest BCUT2D eigenvalue weighted by atomic mass is 10.3. The number of nitrogens with two attached hydrogens (primary N) is 1. The standard InChI is InChI=1S/C12H22N4O4/c1-16-10(13)9(11(17)15-12(16)18)14-5-3-4-6-20-8-7-19-2/h14H,3-8,13H2,1-2H3,(H,15,17,18). The van der Waals surface area contributed by atoms with Gasteiger partial charge in [-0.2, -0.15) is 0 Å². The van der Waals surface area contributed by atoms with Gasteiger partial charge in [-0.15, -0.1) is 0 Å². The molecule has 8 heteroatoms. The molecule has 0 bridgehead atoms. The fourth-order valence-corrected chi connectivity index (χ4v) is 1.59. The maximum absolute atomic E-state index is 11.6. The summed E-state index contributed by atoms with van der Waals surface area (Å²) in [4.78, 5) is 25.1. The number of anilines is 2. The fraction of sp³-hybridized carbons (Fsp3) is 0.667. The Morgan fingerprint density at radius 1 is 1.25 bits per heavy atom. The average molecular weight is 286 g/mol. The van der Waals surface area contributed by atoms with Crippen LogP contribution in [0.3, 0.4) is 0 Å². The van der Waals surface area contributed by atoms with Crippen molar-refractivity contribution in [3.05, 3.63) is 20.8 Å². The highest BCUT2D eigenvalue weighted by Gasteiger charge is 2.08. The van der Waals surface area contributed by atoms with E-state index < -0.39 is 11.2 Å². The summed E-state index contributed by atoms with van der Waals surface area (Å²) in [6, 6.07) is 0. The van der Waals surface area contributed by atoms with Crippen molar-refractivity contribution in [2.75, 3.05) is 44.5 Å². The molecule has 0 aromatic carbocycles. The highest BCUT2D eigenvalue weighted by molar-refractivity contribution is 5.60. The third-order valence-corrected chi connectivity index (χ3v) is 2.82. The van der Waals surface area contributed by atoms with Crippen LogP contribution in [0.5, 0.6) is 0 Å². The van der Waals surface area contributed by atoms with Gasteiger partial charge in [0.25, 0.3) is 5.56 Å². The zero-order valence-electron chi connectivity index (χ0n) is 11.9. The van der Waals surface area contributed by atoms with Crippen molar-refractivity contribution in [2.24, 2.45) is 7.05 Å². The molecule has 1 rings (SSSR count). The summed E-state index contributed by atoms with van der Waals surface area (Å²) in [6.07, 6.45) is 1.69. The van der Waals surface area contributed by atoms with Gasteiger partial charge in [-0.3, -0.25) is 14.3 Å². The fourth-order valence-electron chi connectivity index (χ4n) is 1.59. The molecule has 1 aromatic heterocycles. The SMILES string of the molecule is COCCOCCCCNc1c(N)n(C)c(=O)[nH]c1=O. The second-order valence-corrected chi connectivity index (χ2v) is 4.32. The topological polar surface area (TPSA) is 111 Å². The molecule has 0 unspecified atom stereocenters. The molecule has 0 aliphatic rings. The van der Waals surface area contributed by atoms with Gasteiger partial charge in [-0.1, -0.05) is 0 Å². The molecule has 1 heterocycles. The van der Waals surface area contributed by atoms with Crippen LogP contribution >= 0.6 is 0 Å². The van der Waals surface area contributed by atoms with Gasteiger partial charge in [0.05, 0.1) is 13.2 Å². The monoisotopic (exact) mass is 286 g/mol. The molecule has 0 spiro atoms. The molecule has 0 saturated carbocycles. The molecular weight excluding hydrogens is 264 g/mol. The summed E-state index contributed by atoms with van der Waals surface area (Å²) < 4.78 is 11.4. The first-order valence-electron chi connectivity index (χ1n) is 6.47. The smallest absolute Gasteiger partial charge is 0.329 e. The lowest BCUT2D eigenvalue weighted by Crippen LogP contribution is -2.32. The Kier molecular flexibility index (Phi) is 6.82. The van der Waals surface area contributed by atoms with E-state index in [0.717, 1.165) is 12.8 Å². The average Bonchev–Trinajstić information content (AvgIpc) is 2.42. The Labute approximate surface area is 116 Å². The number of ether oxygens (including phenoxy) is 2. The van der Waals surface area contributed by atoms with Crippen LogP contribution in [0.25, 0.3) is 0 Å². The van der Waals surface area contributed by atoms with Gasteiger partial charge in [0.1, 0.15) is 11.5 Å². The normalized spacial score (nSPS) is 10.7. The van der Waals surface area contributed by atoms with Crippen LogP contribution in [0.2, 0.25) is 0 Å². The van der Waals surface area contributed by atoms with Gasteiger partial charge in [0, 0.05) is 27.3 Å². The van der Waals surface area contributed by atoms with Crippen molar-refractivity contribution in [1.82, 2.24) is 9.55 Å². The zero-order valence-corrected chi connectivity index (χ0v) is 11.9. The number of unbranched alkanes of at least 4 members (excludes halogenated alkanes) is 1. The van der Waals surface area contributed by atoms with Crippen molar-refractivity contribution in [3.63, 3.8) is 0 Å². The number of aromatic nitrogens is 2. The van der Waals surface area contributed by atoms with Gasteiger partial charge in [-0.05, 0) is 12.8 Å². The number of rotatable bonds is 9. The van der Waals surface area contributed by atoms with Gasteiger partial charge >= 0.3 is 5.69 Å². The molecule has 0 fully saturated rings. The first-order chi connectivity index (χ1) is 9.57. The highest BCUT2D eigenvalue weighted by Crippen LogP contribution is 2.08. The van der Waals surface area contributed by atoms with Crippen LogP contribution in [0.4, 0.5) is 11.5 Å². The lowest BCUT2D eigenvalue weighted by molar-refractivity contribution is 0.0691. The Morgan fingerprint density at radius 2 is 2.00 bits per heavy atom. The molecule has 0 atom stereocenters. The number of H-pyrrole nitrogens is 1. The van der Waals surface area contributed by atoms with Crippen LogP contribution in [-0.2, 0) is 16.5 Å². The molecule has 114 valence electrons. The largest absolute Gasteiger partial charge is 0.383 e. The summed E-state index contributed by atoms with van der Waals surface area (Å²) >= 11 is 0. The van der Waals surface area contributed by atoms with Gasteiger partial charge in [-0.25, -0.2) is 4.79 Å². The summed E-state index contributed by atoms with van der Waals surface area (Å²) in [5.74, 6) is 0.134. The summed E-state index contributed by atoms with van der Waals surface area (Å²) in [5.41, 5.74) is 4.93. The first-order valence-corrected chi connectivity index (χ1v) is 6.47. The molecule has 1 aromatic rings. The Morgan fingerprint density at radius 3 is 2.70 bits per heavy atom. The number of nitrogens with zero attached hydrogens (tertiary/aromatic N) is 1. The molecule has 4 N–H and O–H groups in total. The lowest BCUT2D eigenvalue weighted by Gasteiger charge is -2.10. The minimum absolute atomic E-state index is 0.134. The number of nitrogens with one attached hydrogen (secondary N) is 2. The van der Waals surface area contributed by atoms with Crippen LogP contribution in [-0.4, -0.2) is 43.0 Å². The minimum atomic E-state index is -0.524. The third-order valence-electron chi connectivity index (χ3n) is 2.82. The van der Waals surface area contributed by atoms with E-state index in [1.54, 1.807) is 7.11 Å². The molecule has 0 aliphatic heterocycles. The summed E-state index contributed by atoms with van der Waals surface area (Å²) in [6.45, 7) is 2.39. The van der Waals surface area contributed by atoms with E-state index in [9.17, 15) is 9.59 Å². The summed E-state index contributed by atoms with van der Waals surface area (Å²) in [7, 11) is 3.13. The van der Waals surface area contributed by atoms with Crippen molar-refractivity contribution >= 4 is 11.5 Å². The molecule has 0 aliphatic carbocycles. The molecular formula is C12H22N4O4. The van der Waals surface area contributed by atoms with E-state index in [2.05, 4.69) is 10.3 Å². The molecule has 0 amide bonds.